The topological polar surface area (TPSA) is 126 Å². The zero-order valence-electron chi connectivity index (χ0n) is 20.5. The number of aromatic amines is 1. The number of benzene rings is 2. The van der Waals surface area contributed by atoms with Gasteiger partial charge in [-0.2, -0.15) is 0 Å². The molecule has 1 unspecified atom stereocenters. The van der Waals surface area contributed by atoms with Gasteiger partial charge in [-0.05, 0) is 73.5 Å². The Morgan fingerprint density at radius 2 is 1.78 bits per heavy atom. The molecule has 2 saturated heterocycles. The van der Waals surface area contributed by atoms with Crippen molar-refractivity contribution in [2.75, 3.05) is 38.5 Å². The third-order valence-electron chi connectivity index (χ3n) is 7.67. The second-order valence-electron chi connectivity index (χ2n) is 10.1. The number of nitrogens with two attached hydrogens (primary N) is 2. The van der Waals surface area contributed by atoms with Crippen LogP contribution in [0.25, 0.3) is 22.0 Å². The lowest BCUT2D eigenvalue weighted by Gasteiger charge is -2.31. The number of H-pyrrole nitrogens is 1. The quantitative estimate of drug-likeness (QED) is 0.431. The van der Waals surface area contributed by atoms with Gasteiger partial charge >= 0.3 is 0 Å². The maximum absolute atomic E-state index is 13.0. The number of carbonyl (C=O) groups excluding carboxylic acids is 1. The van der Waals surface area contributed by atoms with Crippen LogP contribution in [0.1, 0.15) is 47.5 Å². The van der Waals surface area contributed by atoms with Crippen LogP contribution < -0.4 is 11.5 Å². The molecule has 1 atom stereocenters. The number of hydrogen-bond donors (Lipinski definition) is 3. The molecule has 2 fully saturated rings. The van der Waals surface area contributed by atoms with Crippen molar-refractivity contribution in [3.05, 3.63) is 59.8 Å². The number of likely N-dealkylation sites (tertiary alicyclic amines) is 1. The van der Waals surface area contributed by atoms with Crippen LogP contribution in [0.4, 0.5) is 0 Å². The monoisotopic (exact) mass is 509 g/mol. The van der Waals surface area contributed by atoms with E-state index in [4.69, 9.17) is 11.5 Å². The van der Waals surface area contributed by atoms with Crippen molar-refractivity contribution in [3.63, 3.8) is 0 Å². The summed E-state index contributed by atoms with van der Waals surface area (Å²) in [5.41, 5.74) is 16.0. The summed E-state index contributed by atoms with van der Waals surface area (Å²) in [6.45, 7) is 3.62. The average Bonchev–Trinajstić information content (AvgIpc) is 3.49. The standard InChI is InChI=1S/C27H35N5O3S/c28-22-9-11-31(18-22)10-4-14-36(34,35)32-12-7-20(8-13-32)25-17-30-26-23(25)15-21(16-24(26)27(29)33)19-5-2-1-3-6-19/h1-3,5-6,15-17,20,22,30H,4,7-14,18,28H2,(H2,29,33). The highest BCUT2D eigenvalue weighted by Crippen LogP contribution is 2.37. The molecule has 0 saturated carbocycles. The SMILES string of the molecule is NC(=O)c1cc(-c2ccccc2)cc2c(C3CCN(S(=O)(=O)CCCN4CCC(N)C4)CC3)c[nH]c12. The average molecular weight is 510 g/mol. The molecule has 0 aliphatic carbocycles. The van der Waals surface area contributed by atoms with E-state index in [1.54, 1.807) is 4.31 Å². The fraction of sp³-hybridized carbons (Fsp3) is 0.444. The Morgan fingerprint density at radius 3 is 2.44 bits per heavy atom. The van der Waals surface area contributed by atoms with E-state index in [1.165, 1.54) is 0 Å². The molecule has 3 heterocycles. The molecule has 36 heavy (non-hydrogen) atoms. The van der Waals surface area contributed by atoms with Crippen LogP contribution in [-0.2, 0) is 10.0 Å². The second kappa shape index (κ2) is 10.3. The van der Waals surface area contributed by atoms with E-state index in [9.17, 15) is 13.2 Å². The number of hydrogen-bond acceptors (Lipinski definition) is 5. The van der Waals surface area contributed by atoms with Crippen LogP contribution in [0, 0.1) is 0 Å². The first kappa shape index (κ1) is 25.0. The third kappa shape index (κ3) is 5.20. The Morgan fingerprint density at radius 1 is 1.03 bits per heavy atom. The highest BCUT2D eigenvalue weighted by Gasteiger charge is 2.30. The highest BCUT2D eigenvalue weighted by molar-refractivity contribution is 7.89. The number of amides is 1. The normalized spacial score (nSPS) is 20.3. The molecule has 2 aliphatic heterocycles. The Balaban J connectivity index is 1.29. The van der Waals surface area contributed by atoms with Gasteiger partial charge in [-0.1, -0.05) is 30.3 Å². The van der Waals surface area contributed by atoms with Crippen LogP contribution in [0.3, 0.4) is 0 Å². The van der Waals surface area contributed by atoms with Crippen LogP contribution in [0.15, 0.2) is 48.7 Å². The van der Waals surface area contributed by atoms with Gasteiger partial charge < -0.3 is 21.4 Å². The van der Waals surface area contributed by atoms with E-state index in [0.29, 0.717) is 25.1 Å². The minimum atomic E-state index is -3.28. The molecular formula is C27H35N5O3S. The van der Waals surface area contributed by atoms with Gasteiger partial charge in [0.15, 0.2) is 0 Å². The van der Waals surface area contributed by atoms with Crippen molar-refractivity contribution in [1.29, 1.82) is 0 Å². The predicted octanol–water partition coefficient (Wildman–Crippen LogP) is 2.87. The Hall–Kier alpha value is -2.72. The van der Waals surface area contributed by atoms with Gasteiger partial charge in [-0.3, -0.25) is 4.79 Å². The summed E-state index contributed by atoms with van der Waals surface area (Å²) < 4.78 is 27.6. The first-order valence-electron chi connectivity index (χ1n) is 12.8. The van der Waals surface area contributed by atoms with Gasteiger partial charge in [-0.25, -0.2) is 12.7 Å². The molecule has 192 valence electrons. The second-order valence-corrected chi connectivity index (χ2v) is 12.2. The number of piperidine rings is 1. The Kier molecular flexibility index (Phi) is 7.16. The van der Waals surface area contributed by atoms with Crippen LogP contribution in [-0.4, -0.2) is 73.0 Å². The van der Waals surface area contributed by atoms with Gasteiger partial charge in [0, 0.05) is 37.3 Å². The van der Waals surface area contributed by atoms with Crippen LogP contribution in [0.2, 0.25) is 0 Å². The third-order valence-corrected chi connectivity index (χ3v) is 9.62. The summed E-state index contributed by atoms with van der Waals surface area (Å²) in [4.78, 5) is 17.8. The highest BCUT2D eigenvalue weighted by atomic mass is 32.2. The Labute approximate surface area is 212 Å². The molecule has 2 aromatic carbocycles. The molecule has 2 aliphatic rings. The summed E-state index contributed by atoms with van der Waals surface area (Å²) >= 11 is 0. The van der Waals surface area contributed by atoms with Crippen molar-refractivity contribution in [2.24, 2.45) is 11.5 Å². The molecule has 3 aromatic rings. The zero-order valence-corrected chi connectivity index (χ0v) is 21.3. The van der Waals surface area contributed by atoms with Crippen molar-refractivity contribution < 1.29 is 13.2 Å². The summed E-state index contributed by atoms with van der Waals surface area (Å²) in [6, 6.07) is 14.1. The first-order chi connectivity index (χ1) is 17.3. The molecule has 8 nitrogen and oxygen atoms in total. The van der Waals surface area contributed by atoms with Gasteiger partial charge in [0.25, 0.3) is 5.91 Å². The van der Waals surface area contributed by atoms with Crippen LogP contribution >= 0.6 is 0 Å². The zero-order chi connectivity index (χ0) is 25.3. The number of sulfonamides is 1. The lowest BCUT2D eigenvalue weighted by atomic mass is 9.88. The minimum absolute atomic E-state index is 0.179. The summed E-state index contributed by atoms with van der Waals surface area (Å²) in [6.07, 6.45) is 5.07. The molecule has 1 aromatic heterocycles. The van der Waals surface area contributed by atoms with Crippen molar-refractivity contribution in [3.8, 4) is 11.1 Å². The van der Waals surface area contributed by atoms with Gasteiger partial charge in [0.1, 0.15) is 0 Å². The maximum atomic E-state index is 13.0. The van der Waals surface area contributed by atoms with E-state index in [-0.39, 0.29) is 17.7 Å². The Bertz CT molecular complexity index is 1330. The number of rotatable bonds is 8. The predicted molar refractivity (Wildman–Crippen MR) is 143 cm³/mol. The number of nitrogens with one attached hydrogen (secondary N) is 1. The molecule has 0 spiro atoms. The molecule has 5 rings (SSSR count). The molecule has 0 bridgehead atoms. The molecule has 0 radical (unpaired) electrons. The van der Waals surface area contributed by atoms with E-state index in [1.807, 2.05) is 42.6 Å². The molecular weight excluding hydrogens is 474 g/mol. The van der Waals surface area contributed by atoms with E-state index < -0.39 is 15.9 Å². The number of nitrogens with zero attached hydrogens (tertiary/aromatic N) is 2. The minimum Gasteiger partial charge on any atom is -0.366 e. The number of carbonyl (C=O) groups is 1. The van der Waals surface area contributed by atoms with Crippen LogP contribution in [0.5, 0.6) is 0 Å². The lowest BCUT2D eigenvalue weighted by Crippen LogP contribution is -2.39. The van der Waals surface area contributed by atoms with Gasteiger partial charge in [0.2, 0.25) is 10.0 Å². The first-order valence-corrected chi connectivity index (χ1v) is 14.4. The maximum Gasteiger partial charge on any atom is 0.250 e. The van der Waals surface area contributed by atoms with E-state index >= 15 is 0 Å². The molecule has 9 heteroatoms. The van der Waals surface area contributed by atoms with Crippen molar-refractivity contribution >= 4 is 26.8 Å². The van der Waals surface area contributed by atoms with Gasteiger partial charge in [-0.15, -0.1) is 0 Å². The van der Waals surface area contributed by atoms with Crippen molar-refractivity contribution in [2.45, 2.75) is 37.6 Å². The van der Waals surface area contributed by atoms with Gasteiger partial charge in [0.05, 0.1) is 16.8 Å². The number of aromatic nitrogens is 1. The summed E-state index contributed by atoms with van der Waals surface area (Å²) in [7, 11) is -3.28. The van der Waals surface area contributed by atoms with Crippen molar-refractivity contribution in [1.82, 2.24) is 14.2 Å². The summed E-state index contributed by atoms with van der Waals surface area (Å²) in [5, 5.41) is 0.982. The fourth-order valence-electron chi connectivity index (χ4n) is 5.69. The van der Waals surface area contributed by atoms with E-state index in [0.717, 1.165) is 66.5 Å². The fourth-order valence-corrected chi connectivity index (χ4v) is 7.21. The summed E-state index contributed by atoms with van der Waals surface area (Å²) in [5.74, 6) is -0.0788. The number of fused-ring (bicyclic) bond motifs is 1. The number of primary amides is 1. The molecule has 1 amide bonds. The largest absolute Gasteiger partial charge is 0.366 e. The smallest absolute Gasteiger partial charge is 0.250 e. The van der Waals surface area contributed by atoms with E-state index in [2.05, 4.69) is 16.0 Å². The molecule has 5 N–H and O–H groups in total. The lowest BCUT2D eigenvalue weighted by molar-refractivity contribution is 0.100.